The van der Waals surface area contributed by atoms with Crippen LogP contribution in [0.2, 0.25) is 20.1 Å². The van der Waals surface area contributed by atoms with E-state index in [1.807, 2.05) is 13.8 Å². The number of carbonyl (C=O) groups is 1. The molecule has 1 heterocycles. The number of anilines is 1. The molecule has 0 unspecified atom stereocenters. The summed E-state index contributed by atoms with van der Waals surface area (Å²) >= 11 is 24.4. The van der Waals surface area contributed by atoms with Crippen LogP contribution in [-0.4, -0.2) is 26.8 Å². The summed E-state index contributed by atoms with van der Waals surface area (Å²) in [6.45, 7) is 5.48. The van der Waals surface area contributed by atoms with E-state index < -0.39 is 5.91 Å². The molecule has 0 aliphatic heterocycles. The van der Waals surface area contributed by atoms with Gasteiger partial charge in [0.1, 0.15) is 11.6 Å². The second kappa shape index (κ2) is 8.79. The van der Waals surface area contributed by atoms with Crippen molar-refractivity contribution in [1.82, 2.24) is 14.8 Å². The second-order valence-electron chi connectivity index (χ2n) is 6.38. The lowest BCUT2D eigenvalue weighted by Gasteiger charge is -2.14. The average Bonchev–Trinajstić information content (AvgIpc) is 3.02. The van der Waals surface area contributed by atoms with Crippen molar-refractivity contribution in [2.45, 2.75) is 26.9 Å². The highest BCUT2D eigenvalue weighted by atomic mass is 35.5. The van der Waals surface area contributed by atoms with Crippen molar-refractivity contribution in [3.8, 4) is 11.4 Å². The van der Waals surface area contributed by atoms with Gasteiger partial charge in [-0.25, -0.2) is 9.67 Å². The Morgan fingerprint density at radius 3 is 2.41 bits per heavy atom. The fourth-order valence-corrected chi connectivity index (χ4v) is 3.31. The molecule has 10 heteroatoms. The van der Waals surface area contributed by atoms with E-state index in [4.69, 9.17) is 51.1 Å². The van der Waals surface area contributed by atoms with Crippen molar-refractivity contribution in [3.05, 3.63) is 62.1 Å². The van der Waals surface area contributed by atoms with Crippen molar-refractivity contribution < 1.29 is 9.53 Å². The van der Waals surface area contributed by atoms with Gasteiger partial charge in [0.15, 0.2) is 0 Å². The molecule has 0 saturated carbocycles. The molecule has 0 radical (unpaired) electrons. The van der Waals surface area contributed by atoms with E-state index in [0.717, 1.165) is 0 Å². The zero-order valence-electron chi connectivity index (χ0n) is 15.6. The van der Waals surface area contributed by atoms with E-state index in [1.54, 1.807) is 31.2 Å². The second-order valence-corrected chi connectivity index (χ2v) is 8.01. The minimum Gasteiger partial charge on any atom is -0.489 e. The molecule has 0 aliphatic carbocycles. The monoisotopic (exact) mass is 472 g/mol. The molecule has 152 valence electrons. The Hall–Kier alpha value is -1.99. The van der Waals surface area contributed by atoms with Crippen molar-refractivity contribution in [3.63, 3.8) is 0 Å². The molecule has 6 nitrogen and oxygen atoms in total. The Labute approximate surface area is 187 Å². The number of aryl methyl sites for hydroxylation is 1. The van der Waals surface area contributed by atoms with E-state index in [0.29, 0.717) is 43.0 Å². The summed E-state index contributed by atoms with van der Waals surface area (Å²) in [7, 11) is 0. The summed E-state index contributed by atoms with van der Waals surface area (Å²) in [4.78, 5) is 16.8. The summed E-state index contributed by atoms with van der Waals surface area (Å²) in [6.07, 6.45) is -0.0779. The predicted octanol–water partition coefficient (Wildman–Crippen LogP) is 6.23. The first-order valence-corrected chi connectivity index (χ1v) is 10.0. The number of halogens is 4. The van der Waals surface area contributed by atoms with Gasteiger partial charge in [-0.1, -0.05) is 46.4 Å². The summed E-state index contributed by atoms with van der Waals surface area (Å²) in [5.41, 5.74) is 0.959. The van der Waals surface area contributed by atoms with Crippen LogP contribution in [0.15, 0.2) is 30.3 Å². The molecule has 0 saturated heterocycles. The number of nitrogens with one attached hydrogen (secondary N) is 1. The molecule has 1 amide bonds. The number of hydrogen-bond donors (Lipinski definition) is 1. The molecule has 1 N–H and O–H groups in total. The van der Waals surface area contributed by atoms with Gasteiger partial charge in [-0.3, -0.25) is 4.79 Å². The third kappa shape index (κ3) is 4.95. The van der Waals surface area contributed by atoms with Crippen LogP contribution in [0.4, 0.5) is 5.69 Å². The maximum Gasteiger partial charge on any atom is 0.295 e. The van der Waals surface area contributed by atoms with Crippen LogP contribution < -0.4 is 10.1 Å². The van der Waals surface area contributed by atoms with Crippen molar-refractivity contribution >= 4 is 58.0 Å². The largest absolute Gasteiger partial charge is 0.489 e. The molecule has 0 bridgehead atoms. The molecule has 0 aliphatic rings. The highest BCUT2D eigenvalue weighted by Crippen LogP contribution is 2.34. The van der Waals surface area contributed by atoms with Crippen LogP contribution >= 0.6 is 46.4 Å². The van der Waals surface area contributed by atoms with Gasteiger partial charge in [0.2, 0.25) is 5.82 Å². The van der Waals surface area contributed by atoms with Gasteiger partial charge in [-0.2, -0.15) is 0 Å². The standard InChI is InChI=1S/C19H16Cl4N4O2/c1-9(2)29-17-8-16(14(22)7-15(17)23)27-10(3)24-18(26-27)19(28)25-11-4-5-12(20)13(21)6-11/h4-9H,1-3H3,(H,25,28). The number of carbonyl (C=O) groups excluding carboxylic acids is 1. The first-order valence-electron chi connectivity index (χ1n) is 8.52. The van der Waals surface area contributed by atoms with Crippen LogP contribution in [0.3, 0.4) is 0 Å². The van der Waals surface area contributed by atoms with Crippen molar-refractivity contribution in [2.75, 3.05) is 5.32 Å². The topological polar surface area (TPSA) is 69.0 Å². The van der Waals surface area contributed by atoms with E-state index in [2.05, 4.69) is 15.4 Å². The maximum atomic E-state index is 12.6. The summed E-state index contributed by atoms with van der Waals surface area (Å²) in [6, 6.07) is 7.97. The van der Waals surface area contributed by atoms with Crippen LogP contribution in [0.25, 0.3) is 5.69 Å². The number of rotatable bonds is 5. The van der Waals surface area contributed by atoms with Crippen LogP contribution in [0.5, 0.6) is 5.75 Å². The zero-order chi connectivity index (χ0) is 21.3. The Kier molecular flexibility index (Phi) is 6.58. The predicted molar refractivity (Wildman–Crippen MR) is 116 cm³/mol. The number of nitrogens with zero attached hydrogens (tertiary/aromatic N) is 3. The van der Waals surface area contributed by atoms with Gasteiger partial charge in [0.25, 0.3) is 5.91 Å². The Morgan fingerprint density at radius 2 is 1.76 bits per heavy atom. The lowest BCUT2D eigenvalue weighted by Crippen LogP contribution is -2.14. The van der Waals surface area contributed by atoms with Gasteiger partial charge >= 0.3 is 0 Å². The molecule has 3 aromatic rings. The number of amides is 1. The van der Waals surface area contributed by atoms with Gasteiger partial charge in [0.05, 0.1) is 31.9 Å². The lowest BCUT2D eigenvalue weighted by atomic mass is 10.3. The smallest absolute Gasteiger partial charge is 0.295 e. The highest BCUT2D eigenvalue weighted by molar-refractivity contribution is 6.42. The number of aromatic nitrogens is 3. The Balaban J connectivity index is 1.92. The molecule has 0 spiro atoms. The average molecular weight is 474 g/mol. The maximum absolute atomic E-state index is 12.6. The van der Waals surface area contributed by atoms with Crippen molar-refractivity contribution in [2.24, 2.45) is 0 Å². The fourth-order valence-electron chi connectivity index (χ4n) is 2.50. The van der Waals surface area contributed by atoms with Gasteiger partial charge in [-0.15, -0.1) is 5.10 Å². The molecule has 3 rings (SSSR count). The molecule has 2 aromatic carbocycles. The number of ether oxygens (including phenoxy) is 1. The normalized spacial score (nSPS) is 11.0. The third-order valence-electron chi connectivity index (χ3n) is 3.74. The van der Waals surface area contributed by atoms with Crippen LogP contribution in [0.1, 0.15) is 30.3 Å². The van der Waals surface area contributed by atoms with E-state index in [9.17, 15) is 4.79 Å². The molecule has 0 fully saturated rings. The minimum atomic E-state index is -0.506. The molecule has 0 atom stereocenters. The van der Waals surface area contributed by atoms with Crippen LogP contribution in [0, 0.1) is 6.92 Å². The summed E-state index contributed by atoms with van der Waals surface area (Å²) in [5, 5.41) is 8.39. The van der Waals surface area contributed by atoms with E-state index in [1.165, 1.54) is 10.7 Å². The zero-order valence-corrected chi connectivity index (χ0v) is 18.7. The number of hydrogen-bond acceptors (Lipinski definition) is 4. The Morgan fingerprint density at radius 1 is 1.03 bits per heavy atom. The van der Waals surface area contributed by atoms with Gasteiger partial charge < -0.3 is 10.1 Å². The number of benzene rings is 2. The quantitative estimate of drug-likeness (QED) is 0.476. The van der Waals surface area contributed by atoms with Gasteiger partial charge in [-0.05, 0) is 45.0 Å². The minimum absolute atomic E-state index is 0.0362. The van der Waals surface area contributed by atoms with Gasteiger partial charge in [0, 0.05) is 11.8 Å². The van der Waals surface area contributed by atoms with E-state index in [-0.39, 0.29) is 11.9 Å². The summed E-state index contributed by atoms with van der Waals surface area (Å²) < 4.78 is 7.16. The summed E-state index contributed by atoms with van der Waals surface area (Å²) in [5.74, 6) is 0.377. The first-order chi connectivity index (χ1) is 13.7. The van der Waals surface area contributed by atoms with Crippen molar-refractivity contribution in [1.29, 1.82) is 0 Å². The molecule has 29 heavy (non-hydrogen) atoms. The SMILES string of the molecule is Cc1nc(C(=O)Nc2ccc(Cl)c(Cl)c2)nn1-c1cc(OC(C)C)c(Cl)cc1Cl. The van der Waals surface area contributed by atoms with Crippen LogP contribution in [-0.2, 0) is 0 Å². The highest BCUT2D eigenvalue weighted by Gasteiger charge is 2.19. The lowest BCUT2D eigenvalue weighted by molar-refractivity contribution is 0.101. The molecule has 1 aromatic heterocycles. The third-order valence-corrected chi connectivity index (χ3v) is 5.08. The fraction of sp³-hybridized carbons (Fsp3) is 0.211. The first kappa shape index (κ1) is 21.7. The van der Waals surface area contributed by atoms with E-state index >= 15 is 0 Å². The Bertz CT molecular complexity index is 1080. The molecular formula is C19H16Cl4N4O2. The molecular weight excluding hydrogens is 458 g/mol.